The van der Waals surface area contributed by atoms with E-state index in [4.69, 9.17) is 23.2 Å². The lowest BCUT2D eigenvalue weighted by atomic mass is 10.2. The van der Waals surface area contributed by atoms with Crippen LogP contribution >= 0.6 is 35.0 Å². The first-order chi connectivity index (χ1) is 10.9. The Kier molecular flexibility index (Phi) is 5.12. The van der Waals surface area contributed by atoms with Gasteiger partial charge in [-0.1, -0.05) is 23.2 Å². The van der Waals surface area contributed by atoms with Gasteiger partial charge in [0.25, 0.3) is 0 Å². The number of hydrogen-bond donors (Lipinski definition) is 0. The van der Waals surface area contributed by atoms with Crippen LogP contribution in [0.2, 0.25) is 10.0 Å². The molecule has 1 aromatic carbocycles. The number of alkyl halides is 6. The van der Waals surface area contributed by atoms with E-state index in [9.17, 15) is 31.1 Å². The van der Waals surface area contributed by atoms with Gasteiger partial charge in [0.1, 0.15) is 11.4 Å². The Labute approximate surface area is 144 Å². The SMILES string of the molecule is O=Cc1c(SC(F)(F)F)cnn1-c1c(Cl)cc(C(F)(F)F)cc1Cl. The van der Waals surface area contributed by atoms with Crippen molar-refractivity contribution in [1.82, 2.24) is 9.78 Å². The van der Waals surface area contributed by atoms with Crippen LogP contribution in [0.15, 0.2) is 23.2 Å². The summed E-state index contributed by atoms with van der Waals surface area (Å²) < 4.78 is 76.1. The summed E-state index contributed by atoms with van der Waals surface area (Å²) in [5.74, 6) is 0. The summed E-state index contributed by atoms with van der Waals surface area (Å²) in [7, 11) is 0. The first kappa shape index (κ1) is 18.9. The van der Waals surface area contributed by atoms with Crippen LogP contribution in [0.3, 0.4) is 0 Å². The largest absolute Gasteiger partial charge is 0.446 e. The summed E-state index contributed by atoms with van der Waals surface area (Å²) in [5.41, 5.74) is -6.70. The van der Waals surface area contributed by atoms with Crippen LogP contribution in [0.1, 0.15) is 16.1 Å². The maximum absolute atomic E-state index is 12.7. The van der Waals surface area contributed by atoms with E-state index < -0.39 is 49.6 Å². The Morgan fingerprint density at radius 3 is 2.04 bits per heavy atom. The van der Waals surface area contributed by atoms with Gasteiger partial charge < -0.3 is 0 Å². The minimum atomic E-state index is -4.72. The quantitative estimate of drug-likeness (QED) is 0.375. The first-order valence-electron chi connectivity index (χ1n) is 5.79. The van der Waals surface area contributed by atoms with Gasteiger partial charge in [-0.3, -0.25) is 4.79 Å². The third kappa shape index (κ3) is 3.98. The Balaban J connectivity index is 2.59. The van der Waals surface area contributed by atoms with Gasteiger partial charge in [-0.05, 0) is 23.9 Å². The molecule has 0 fully saturated rings. The number of rotatable bonds is 3. The van der Waals surface area contributed by atoms with E-state index in [1.54, 1.807) is 0 Å². The number of benzene rings is 1. The number of halogens is 8. The predicted octanol–water partition coefficient (Wildman–Crippen LogP) is 5.62. The van der Waals surface area contributed by atoms with Crippen molar-refractivity contribution in [2.24, 2.45) is 0 Å². The van der Waals surface area contributed by atoms with Crippen molar-refractivity contribution < 1.29 is 31.1 Å². The van der Waals surface area contributed by atoms with E-state index in [0.717, 1.165) is 6.20 Å². The Hall–Kier alpha value is -1.39. The number of thioether (sulfide) groups is 1. The molecular formula is C12H4Cl2F6N2OS. The predicted molar refractivity (Wildman–Crippen MR) is 75.9 cm³/mol. The number of nitrogens with zero attached hydrogens (tertiary/aromatic N) is 2. The van der Waals surface area contributed by atoms with Crippen molar-refractivity contribution in [3.8, 4) is 5.69 Å². The smallest absolute Gasteiger partial charge is 0.296 e. The topological polar surface area (TPSA) is 34.9 Å². The minimum absolute atomic E-state index is 0.0748. The second-order valence-corrected chi connectivity index (χ2v) is 6.18. The number of hydrogen-bond acceptors (Lipinski definition) is 3. The molecule has 0 radical (unpaired) electrons. The Morgan fingerprint density at radius 2 is 1.62 bits per heavy atom. The summed E-state index contributed by atoms with van der Waals surface area (Å²) in [6, 6.07) is 1.07. The van der Waals surface area contributed by atoms with E-state index in [1.165, 1.54) is 0 Å². The Morgan fingerprint density at radius 1 is 1.08 bits per heavy atom. The third-order valence-corrected chi connectivity index (χ3v) is 4.01. The van der Waals surface area contributed by atoms with Crippen LogP contribution in [0.4, 0.5) is 26.3 Å². The van der Waals surface area contributed by atoms with Gasteiger partial charge in [-0.25, -0.2) is 4.68 Å². The highest BCUT2D eigenvalue weighted by Gasteiger charge is 2.34. The van der Waals surface area contributed by atoms with Crippen LogP contribution < -0.4 is 0 Å². The van der Waals surface area contributed by atoms with Crippen molar-refractivity contribution in [1.29, 1.82) is 0 Å². The van der Waals surface area contributed by atoms with Crippen molar-refractivity contribution in [3.05, 3.63) is 39.6 Å². The lowest BCUT2D eigenvalue weighted by Crippen LogP contribution is -2.09. The van der Waals surface area contributed by atoms with Crippen LogP contribution in [0.25, 0.3) is 5.69 Å². The molecule has 0 amide bonds. The van der Waals surface area contributed by atoms with Crippen LogP contribution in [0, 0.1) is 0 Å². The molecule has 0 aliphatic carbocycles. The molecular weight excluding hydrogens is 405 g/mol. The van der Waals surface area contributed by atoms with Gasteiger partial charge in [0.15, 0.2) is 6.29 Å². The van der Waals surface area contributed by atoms with E-state index in [0.29, 0.717) is 16.8 Å². The van der Waals surface area contributed by atoms with Crippen LogP contribution in [-0.4, -0.2) is 21.6 Å². The number of carbonyl (C=O) groups is 1. The summed E-state index contributed by atoms with van der Waals surface area (Å²) in [4.78, 5) is 10.6. The first-order valence-corrected chi connectivity index (χ1v) is 7.37. The van der Waals surface area contributed by atoms with Crippen molar-refractivity contribution in [2.45, 2.75) is 16.6 Å². The summed E-state index contributed by atoms with van der Waals surface area (Å²) in [6.07, 6.45) is -3.90. The molecule has 0 spiro atoms. The molecule has 0 bridgehead atoms. The molecule has 0 saturated heterocycles. The minimum Gasteiger partial charge on any atom is -0.296 e. The van der Waals surface area contributed by atoms with Crippen molar-refractivity contribution in [2.75, 3.05) is 0 Å². The summed E-state index contributed by atoms with van der Waals surface area (Å²) in [5, 5.41) is 2.52. The molecule has 130 valence electrons. The van der Waals surface area contributed by atoms with Gasteiger partial charge in [0.2, 0.25) is 0 Å². The average Bonchev–Trinajstić information content (AvgIpc) is 2.77. The second kappa shape index (κ2) is 6.49. The summed E-state index contributed by atoms with van der Waals surface area (Å²) >= 11 is 10.9. The van der Waals surface area contributed by atoms with E-state index in [-0.39, 0.29) is 12.0 Å². The monoisotopic (exact) mass is 408 g/mol. The van der Waals surface area contributed by atoms with Gasteiger partial charge in [-0.15, -0.1) is 0 Å². The zero-order chi connectivity index (χ0) is 18.3. The molecule has 1 aromatic heterocycles. The van der Waals surface area contributed by atoms with Gasteiger partial charge in [0.05, 0.1) is 26.7 Å². The van der Waals surface area contributed by atoms with Gasteiger partial charge in [0, 0.05) is 0 Å². The standard InChI is InChI=1S/C12H4Cl2F6N2OS/c13-6-1-5(11(15,16)17)2-7(14)10(6)22-8(4-23)9(3-21-22)24-12(18,19)20/h1-4H. The van der Waals surface area contributed by atoms with E-state index >= 15 is 0 Å². The lowest BCUT2D eigenvalue weighted by molar-refractivity contribution is -0.137. The number of carbonyl (C=O) groups excluding carboxylic acids is 1. The van der Waals surface area contributed by atoms with Crippen LogP contribution in [-0.2, 0) is 6.18 Å². The van der Waals surface area contributed by atoms with Gasteiger partial charge >= 0.3 is 11.7 Å². The molecule has 3 nitrogen and oxygen atoms in total. The highest BCUT2D eigenvalue weighted by atomic mass is 35.5. The molecule has 0 unspecified atom stereocenters. The molecule has 0 aliphatic rings. The molecule has 0 atom stereocenters. The average molecular weight is 409 g/mol. The molecule has 1 heterocycles. The third-order valence-electron chi connectivity index (χ3n) is 2.66. The summed E-state index contributed by atoms with van der Waals surface area (Å²) in [6.45, 7) is 0. The number of aromatic nitrogens is 2. The van der Waals surface area contributed by atoms with Crippen molar-refractivity contribution in [3.63, 3.8) is 0 Å². The van der Waals surface area contributed by atoms with Gasteiger partial charge in [-0.2, -0.15) is 31.4 Å². The molecule has 24 heavy (non-hydrogen) atoms. The molecule has 0 N–H and O–H groups in total. The molecule has 0 aliphatic heterocycles. The fourth-order valence-electron chi connectivity index (χ4n) is 1.76. The fraction of sp³-hybridized carbons (Fsp3) is 0.167. The normalized spacial score (nSPS) is 12.5. The fourth-order valence-corrected chi connectivity index (χ4v) is 3.00. The second-order valence-electron chi connectivity index (χ2n) is 4.26. The highest BCUT2D eigenvalue weighted by Crippen LogP contribution is 2.41. The number of aldehydes is 1. The molecule has 12 heteroatoms. The molecule has 2 aromatic rings. The molecule has 0 saturated carbocycles. The van der Waals surface area contributed by atoms with Crippen molar-refractivity contribution >= 4 is 41.2 Å². The highest BCUT2D eigenvalue weighted by molar-refractivity contribution is 8.00. The van der Waals surface area contributed by atoms with E-state index in [2.05, 4.69) is 5.10 Å². The maximum Gasteiger partial charge on any atom is 0.446 e. The Bertz CT molecular complexity index is 764. The zero-order valence-electron chi connectivity index (χ0n) is 11.0. The van der Waals surface area contributed by atoms with Crippen LogP contribution in [0.5, 0.6) is 0 Å². The maximum atomic E-state index is 12.7. The van der Waals surface area contributed by atoms with E-state index in [1.807, 2.05) is 0 Å². The lowest BCUT2D eigenvalue weighted by Gasteiger charge is -2.13. The molecule has 2 rings (SSSR count). The zero-order valence-corrected chi connectivity index (χ0v) is 13.4.